The number of furan rings is 2. The lowest BCUT2D eigenvalue weighted by Gasteiger charge is -1.97. The first-order valence-corrected chi connectivity index (χ1v) is 4.65. The summed E-state index contributed by atoms with van der Waals surface area (Å²) in [4.78, 5) is 0. The van der Waals surface area contributed by atoms with E-state index in [0.29, 0.717) is 23.2 Å². The summed E-state index contributed by atoms with van der Waals surface area (Å²) in [7, 11) is 0. The normalized spacial score (nSPS) is 10.8. The Morgan fingerprint density at radius 2 is 1.94 bits per heavy atom. The number of anilines is 1. The van der Waals surface area contributed by atoms with E-state index in [9.17, 15) is 0 Å². The van der Waals surface area contributed by atoms with Gasteiger partial charge in [-0.05, 0) is 18.2 Å². The summed E-state index contributed by atoms with van der Waals surface area (Å²) in [5.74, 6) is 1.48. The maximum Gasteiger partial charge on any atom is 0.223 e. The Bertz CT molecular complexity index is 529. The molecule has 3 aromatic heterocycles. The molecule has 0 saturated carbocycles. The fraction of sp³-hybridized carbons (Fsp3) is 0. The SMILES string of the molecule is Nc1c(-c2ccco2)nnn1-c1ccco1. The fourth-order valence-corrected chi connectivity index (χ4v) is 1.43. The van der Waals surface area contributed by atoms with E-state index >= 15 is 0 Å². The summed E-state index contributed by atoms with van der Waals surface area (Å²) in [6, 6.07) is 7.04. The van der Waals surface area contributed by atoms with Crippen LogP contribution in [0.4, 0.5) is 5.82 Å². The molecule has 3 rings (SSSR count). The minimum Gasteiger partial charge on any atom is -0.463 e. The Labute approximate surface area is 90.3 Å². The smallest absolute Gasteiger partial charge is 0.223 e. The van der Waals surface area contributed by atoms with Gasteiger partial charge in [0.25, 0.3) is 0 Å². The zero-order valence-electron chi connectivity index (χ0n) is 8.20. The molecule has 0 unspecified atom stereocenters. The molecule has 16 heavy (non-hydrogen) atoms. The fourth-order valence-electron chi connectivity index (χ4n) is 1.43. The number of aromatic nitrogens is 3. The summed E-state index contributed by atoms with van der Waals surface area (Å²) < 4.78 is 11.8. The Hall–Kier alpha value is -2.50. The van der Waals surface area contributed by atoms with E-state index in [-0.39, 0.29) is 0 Å². The van der Waals surface area contributed by atoms with Crippen LogP contribution in [0.25, 0.3) is 17.3 Å². The van der Waals surface area contributed by atoms with Gasteiger partial charge in [-0.1, -0.05) is 5.21 Å². The van der Waals surface area contributed by atoms with E-state index in [0.717, 1.165) is 0 Å². The second-order valence-corrected chi connectivity index (χ2v) is 3.16. The van der Waals surface area contributed by atoms with E-state index in [4.69, 9.17) is 14.6 Å². The van der Waals surface area contributed by atoms with Crippen molar-refractivity contribution in [2.45, 2.75) is 0 Å². The number of hydrogen-bond donors (Lipinski definition) is 1. The molecule has 0 aliphatic rings. The summed E-state index contributed by atoms with van der Waals surface area (Å²) in [5.41, 5.74) is 6.40. The summed E-state index contributed by atoms with van der Waals surface area (Å²) in [6.45, 7) is 0. The van der Waals surface area contributed by atoms with Crippen molar-refractivity contribution in [1.82, 2.24) is 15.0 Å². The minimum absolute atomic E-state index is 0.380. The van der Waals surface area contributed by atoms with Gasteiger partial charge in [0.1, 0.15) is 0 Å². The predicted octanol–water partition coefficient (Wildman–Crippen LogP) is 1.70. The van der Waals surface area contributed by atoms with Crippen molar-refractivity contribution in [3.63, 3.8) is 0 Å². The zero-order chi connectivity index (χ0) is 11.0. The molecular formula is C10H8N4O2. The molecule has 6 heteroatoms. The molecule has 6 nitrogen and oxygen atoms in total. The first-order chi connectivity index (χ1) is 7.86. The lowest BCUT2D eigenvalue weighted by Crippen LogP contribution is -2.00. The van der Waals surface area contributed by atoms with Gasteiger partial charge in [-0.3, -0.25) is 0 Å². The van der Waals surface area contributed by atoms with Gasteiger partial charge in [-0.2, -0.15) is 4.68 Å². The van der Waals surface area contributed by atoms with Gasteiger partial charge >= 0.3 is 0 Å². The molecule has 0 spiro atoms. The average molecular weight is 216 g/mol. The second kappa shape index (κ2) is 3.27. The van der Waals surface area contributed by atoms with Crippen molar-refractivity contribution in [2.75, 3.05) is 5.73 Å². The third kappa shape index (κ3) is 1.20. The highest BCUT2D eigenvalue weighted by molar-refractivity contribution is 5.66. The van der Waals surface area contributed by atoms with Crippen LogP contribution in [0.5, 0.6) is 0 Å². The molecule has 3 aromatic rings. The molecule has 0 radical (unpaired) electrons. The van der Waals surface area contributed by atoms with Crippen LogP contribution in [0, 0.1) is 0 Å². The highest BCUT2D eigenvalue weighted by Crippen LogP contribution is 2.25. The Morgan fingerprint density at radius 3 is 2.62 bits per heavy atom. The third-order valence-electron chi connectivity index (χ3n) is 2.17. The highest BCUT2D eigenvalue weighted by Gasteiger charge is 2.15. The number of nitrogen functional groups attached to an aromatic ring is 1. The minimum atomic E-state index is 0.380. The average Bonchev–Trinajstić information content (AvgIpc) is 2.96. The van der Waals surface area contributed by atoms with Crippen molar-refractivity contribution < 1.29 is 8.83 Å². The molecule has 0 amide bonds. The highest BCUT2D eigenvalue weighted by atomic mass is 16.3. The van der Waals surface area contributed by atoms with E-state index < -0.39 is 0 Å². The molecule has 0 aromatic carbocycles. The van der Waals surface area contributed by atoms with E-state index in [1.165, 1.54) is 4.68 Å². The summed E-state index contributed by atoms with van der Waals surface area (Å²) >= 11 is 0. The van der Waals surface area contributed by atoms with Crippen molar-refractivity contribution in [1.29, 1.82) is 0 Å². The Morgan fingerprint density at radius 1 is 1.12 bits per heavy atom. The van der Waals surface area contributed by atoms with Crippen LogP contribution < -0.4 is 5.73 Å². The Kier molecular flexibility index (Phi) is 1.79. The van der Waals surface area contributed by atoms with Crippen LogP contribution in [0.2, 0.25) is 0 Å². The standard InChI is InChI=1S/C10H8N4O2/c11-10-9(7-3-1-5-15-7)12-13-14(10)8-4-2-6-16-8/h1-6H,11H2. The molecule has 0 atom stereocenters. The zero-order valence-corrected chi connectivity index (χ0v) is 8.20. The van der Waals surface area contributed by atoms with Crippen LogP contribution in [-0.4, -0.2) is 15.0 Å². The van der Waals surface area contributed by atoms with E-state index in [2.05, 4.69) is 10.3 Å². The molecule has 0 fully saturated rings. The first-order valence-electron chi connectivity index (χ1n) is 4.65. The largest absolute Gasteiger partial charge is 0.463 e. The molecule has 0 aliphatic carbocycles. The van der Waals surface area contributed by atoms with Gasteiger partial charge in [0.15, 0.2) is 17.3 Å². The molecule has 80 valence electrons. The van der Waals surface area contributed by atoms with E-state index in [1.807, 2.05) is 0 Å². The maximum absolute atomic E-state index is 5.90. The van der Waals surface area contributed by atoms with Crippen molar-refractivity contribution in [3.8, 4) is 17.3 Å². The molecule has 3 heterocycles. The van der Waals surface area contributed by atoms with Crippen LogP contribution in [-0.2, 0) is 0 Å². The van der Waals surface area contributed by atoms with Crippen LogP contribution in [0.15, 0.2) is 45.6 Å². The monoisotopic (exact) mass is 216 g/mol. The number of rotatable bonds is 2. The van der Waals surface area contributed by atoms with Gasteiger partial charge in [0.2, 0.25) is 5.88 Å². The molecule has 0 aliphatic heterocycles. The molecule has 2 N–H and O–H groups in total. The quantitative estimate of drug-likeness (QED) is 0.704. The number of nitrogens with zero attached hydrogens (tertiary/aromatic N) is 3. The van der Waals surface area contributed by atoms with Gasteiger partial charge in [-0.25, -0.2) is 0 Å². The van der Waals surface area contributed by atoms with Crippen LogP contribution >= 0.6 is 0 Å². The lowest BCUT2D eigenvalue weighted by atomic mass is 10.3. The maximum atomic E-state index is 5.90. The number of hydrogen-bond acceptors (Lipinski definition) is 5. The second-order valence-electron chi connectivity index (χ2n) is 3.16. The third-order valence-corrected chi connectivity index (χ3v) is 2.17. The summed E-state index contributed by atoms with van der Waals surface area (Å²) in [5, 5.41) is 7.85. The molecule has 0 bridgehead atoms. The Balaban J connectivity index is 2.12. The first kappa shape index (κ1) is 8.78. The van der Waals surface area contributed by atoms with Gasteiger partial charge < -0.3 is 14.6 Å². The number of nitrogens with two attached hydrogens (primary N) is 1. The van der Waals surface area contributed by atoms with E-state index in [1.54, 1.807) is 36.8 Å². The van der Waals surface area contributed by atoms with Gasteiger partial charge in [0.05, 0.1) is 12.5 Å². The van der Waals surface area contributed by atoms with Gasteiger partial charge in [0, 0.05) is 6.07 Å². The lowest BCUT2D eigenvalue weighted by molar-refractivity contribution is 0.519. The van der Waals surface area contributed by atoms with Crippen molar-refractivity contribution in [2.24, 2.45) is 0 Å². The van der Waals surface area contributed by atoms with Crippen LogP contribution in [0.1, 0.15) is 0 Å². The van der Waals surface area contributed by atoms with Crippen molar-refractivity contribution in [3.05, 3.63) is 36.8 Å². The topological polar surface area (TPSA) is 83.0 Å². The molecule has 0 saturated heterocycles. The summed E-state index contributed by atoms with van der Waals surface area (Å²) in [6.07, 6.45) is 3.10. The van der Waals surface area contributed by atoms with Crippen LogP contribution in [0.3, 0.4) is 0 Å². The van der Waals surface area contributed by atoms with Crippen molar-refractivity contribution >= 4 is 5.82 Å². The predicted molar refractivity (Wildman–Crippen MR) is 55.7 cm³/mol. The van der Waals surface area contributed by atoms with Gasteiger partial charge in [-0.15, -0.1) is 5.10 Å². The molecular weight excluding hydrogens is 208 g/mol.